The molecule has 2 saturated heterocycles. The number of carbonyl (C=O) groups excluding carboxylic acids is 1. The highest BCUT2D eigenvalue weighted by Crippen LogP contribution is 2.32. The second kappa shape index (κ2) is 6.60. The molecular weight excluding hydrogens is 291 g/mol. The fourth-order valence-corrected chi connectivity index (χ4v) is 4.01. The van der Waals surface area contributed by atoms with E-state index in [4.69, 9.17) is 0 Å². The van der Waals surface area contributed by atoms with Gasteiger partial charge < -0.3 is 10.6 Å². The van der Waals surface area contributed by atoms with Gasteiger partial charge in [0.15, 0.2) is 0 Å². The molecule has 2 N–H and O–H groups in total. The van der Waals surface area contributed by atoms with Gasteiger partial charge in [0.1, 0.15) is 5.82 Å². The quantitative estimate of drug-likeness (QED) is 0.876. The van der Waals surface area contributed by atoms with Crippen LogP contribution in [0, 0.1) is 11.7 Å². The summed E-state index contributed by atoms with van der Waals surface area (Å²) >= 11 is 0. The van der Waals surface area contributed by atoms with E-state index in [9.17, 15) is 9.18 Å². The lowest BCUT2D eigenvalue weighted by Crippen LogP contribution is -2.41. The van der Waals surface area contributed by atoms with Crippen LogP contribution in [0.1, 0.15) is 51.5 Å². The third-order valence-corrected chi connectivity index (χ3v) is 5.38. The van der Waals surface area contributed by atoms with Crippen LogP contribution in [0.4, 0.5) is 4.39 Å². The van der Waals surface area contributed by atoms with E-state index in [2.05, 4.69) is 10.6 Å². The molecule has 4 heteroatoms. The molecule has 0 aliphatic carbocycles. The Hall–Kier alpha value is -1.42. The van der Waals surface area contributed by atoms with Crippen LogP contribution < -0.4 is 10.6 Å². The largest absolute Gasteiger partial charge is 0.355 e. The fraction of sp³-hybridized carbons (Fsp3) is 0.632. The number of piperidine rings is 1. The van der Waals surface area contributed by atoms with Crippen LogP contribution in [0.15, 0.2) is 24.3 Å². The molecule has 0 saturated carbocycles. The minimum Gasteiger partial charge on any atom is -0.355 e. The number of amides is 1. The van der Waals surface area contributed by atoms with Gasteiger partial charge in [0.2, 0.25) is 5.91 Å². The van der Waals surface area contributed by atoms with Gasteiger partial charge in [-0.3, -0.25) is 4.79 Å². The smallest absolute Gasteiger partial charge is 0.220 e. The van der Waals surface area contributed by atoms with Crippen molar-refractivity contribution >= 4 is 5.91 Å². The molecule has 3 rings (SSSR count). The Morgan fingerprint density at radius 1 is 1.30 bits per heavy atom. The van der Waals surface area contributed by atoms with Gasteiger partial charge in [-0.2, -0.15) is 0 Å². The van der Waals surface area contributed by atoms with Crippen LogP contribution in [-0.2, 0) is 10.2 Å². The molecule has 2 aliphatic heterocycles. The zero-order chi connectivity index (χ0) is 16.4. The van der Waals surface area contributed by atoms with Crippen LogP contribution >= 0.6 is 0 Å². The number of rotatable bonds is 5. The lowest BCUT2D eigenvalue weighted by molar-refractivity contribution is -0.122. The third-order valence-electron chi connectivity index (χ3n) is 5.38. The van der Waals surface area contributed by atoms with E-state index in [-0.39, 0.29) is 17.1 Å². The Bertz CT molecular complexity index is 560. The topological polar surface area (TPSA) is 41.1 Å². The molecule has 126 valence electrons. The summed E-state index contributed by atoms with van der Waals surface area (Å²) in [6.07, 6.45) is 5.38. The molecule has 2 aliphatic rings. The van der Waals surface area contributed by atoms with Crippen LogP contribution in [0.2, 0.25) is 0 Å². The first kappa shape index (κ1) is 16.4. The first-order chi connectivity index (χ1) is 10.9. The summed E-state index contributed by atoms with van der Waals surface area (Å²) in [7, 11) is 0. The van der Waals surface area contributed by atoms with E-state index in [0.29, 0.717) is 31.0 Å². The Balaban J connectivity index is 1.50. The zero-order valence-electron chi connectivity index (χ0n) is 14.1. The molecule has 2 unspecified atom stereocenters. The maximum atomic E-state index is 13.4. The first-order valence-electron chi connectivity index (χ1n) is 8.71. The van der Waals surface area contributed by atoms with E-state index < -0.39 is 0 Å². The molecule has 3 nitrogen and oxygen atoms in total. The van der Waals surface area contributed by atoms with E-state index in [1.807, 2.05) is 19.9 Å². The zero-order valence-corrected chi connectivity index (χ0v) is 14.1. The third kappa shape index (κ3) is 4.11. The van der Waals surface area contributed by atoms with Gasteiger partial charge >= 0.3 is 0 Å². The van der Waals surface area contributed by atoms with Crippen LogP contribution in [0.3, 0.4) is 0 Å². The highest BCUT2D eigenvalue weighted by atomic mass is 19.1. The molecular formula is C19H27FN2O. The number of benzene rings is 1. The summed E-state index contributed by atoms with van der Waals surface area (Å²) in [5.41, 5.74) is 0.642. The number of nitrogens with one attached hydrogen (secondary N) is 2. The molecule has 1 aromatic rings. The van der Waals surface area contributed by atoms with Gasteiger partial charge in [-0.05, 0) is 49.3 Å². The molecule has 1 aromatic carbocycles. The minimum atomic E-state index is -0.273. The van der Waals surface area contributed by atoms with Crippen LogP contribution in [0.25, 0.3) is 0 Å². The van der Waals surface area contributed by atoms with E-state index in [1.54, 1.807) is 12.1 Å². The van der Waals surface area contributed by atoms with Crippen molar-refractivity contribution in [3.63, 3.8) is 0 Å². The maximum absolute atomic E-state index is 13.4. The molecule has 1 amide bonds. The van der Waals surface area contributed by atoms with Gasteiger partial charge in [-0.15, -0.1) is 0 Å². The average molecular weight is 318 g/mol. The molecule has 2 bridgehead atoms. The van der Waals surface area contributed by atoms with Crippen LogP contribution in [-0.4, -0.2) is 24.5 Å². The SMILES string of the molecule is CC(C)(CNC(=O)CC1CC2CCC(C1)N2)c1cccc(F)c1. The van der Waals surface area contributed by atoms with Crippen molar-refractivity contribution in [3.8, 4) is 0 Å². The summed E-state index contributed by atoms with van der Waals surface area (Å²) in [6.45, 7) is 4.60. The summed E-state index contributed by atoms with van der Waals surface area (Å²) < 4.78 is 13.4. The van der Waals surface area contributed by atoms with Crippen molar-refractivity contribution in [1.29, 1.82) is 0 Å². The van der Waals surface area contributed by atoms with Gasteiger partial charge in [0, 0.05) is 30.5 Å². The fourth-order valence-electron chi connectivity index (χ4n) is 4.01. The maximum Gasteiger partial charge on any atom is 0.220 e. The Kier molecular flexibility index (Phi) is 4.72. The summed E-state index contributed by atoms with van der Waals surface area (Å²) in [5.74, 6) is 0.402. The number of carbonyl (C=O) groups is 1. The van der Waals surface area contributed by atoms with Crippen molar-refractivity contribution in [2.24, 2.45) is 5.92 Å². The lowest BCUT2D eigenvalue weighted by atomic mass is 9.84. The van der Waals surface area contributed by atoms with Gasteiger partial charge in [-0.1, -0.05) is 26.0 Å². The van der Waals surface area contributed by atoms with Gasteiger partial charge in [-0.25, -0.2) is 4.39 Å². The standard InChI is InChI=1S/C19H27FN2O/c1-19(2,14-4-3-5-15(20)11-14)12-21-18(23)10-13-8-16-6-7-17(9-13)22-16/h3-5,11,13,16-17,22H,6-10,12H2,1-2H3,(H,21,23). The van der Waals surface area contributed by atoms with Crippen molar-refractivity contribution in [1.82, 2.24) is 10.6 Å². The molecule has 2 fully saturated rings. The minimum absolute atomic E-state index is 0.126. The Labute approximate surface area is 138 Å². The first-order valence-corrected chi connectivity index (χ1v) is 8.71. The average Bonchev–Trinajstić information content (AvgIpc) is 2.84. The molecule has 23 heavy (non-hydrogen) atoms. The van der Waals surface area contributed by atoms with E-state index in [1.165, 1.54) is 18.9 Å². The molecule has 0 radical (unpaired) electrons. The predicted octanol–water partition coefficient (Wildman–Crippen LogP) is 3.14. The number of fused-ring (bicyclic) bond motifs is 2. The Morgan fingerprint density at radius 2 is 2.00 bits per heavy atom. The Morgan fingerprint density at radius 3 is 2.65 bits per heavy atom. The van der Waals surface area contributed by atoms with E-state index >= 15 is 0 Å². The van der Waals surface area contributed by atoms with Crippen molar-refractivity contribution in [2.75, 3.05) is 6.54 Å². The summed E-state index contributed by atoms with van der Waals surface area (Å²) in [6, 6.07) is 7.88. The molecule has 2 heterocycles. The van der Waals surface area contributed by atoms with Crippen molar-refractivity contribution in [3.05, 3.63) is 35.6 Å². The van der Waals surface area contributed by atoms with Gasteiger partial charge in [0.25, 0.3) is 0 Å². The predicted molar refractivity (Wildman–Crippen MR) is 89.7 cm³/mol. The molecule has 2 atom stereocenters. The summed E-state index contributed by atoms with van der Waals surface area (Å²) in [4.78, 5) is 12.3. The second-order valence-corrected chi connectivity index (χ2v) is 7.85. The molecule has 0 aromatic heterocycles. The molecule has 0 spiro atoms. The number of hydrogen-bond donors (Lipinski definition) is 2. The monoisotopic (exact) mass is 318 g/mol. The van der Waals surface area contributed by atoms with Crippen LogP contribution in [0.5, 0.6) is 0 Å². The van der Waals surface area contributed by atoms with Crippen molar-refractivity contribution in [2.45, 2.75) is 63.5 Å². The normalized spacial score (nSPS) is 27.0. The van der Waals surface area contributed by atoms with Gasteiger partial charge in [0.05, 0.1) is 0 Å². The number of hydrogen-bond acceptors (Lipinski definition) is 2. The number of halogens is 1. The second-order valence-electron chi connectivity index (χ2n) is 7.85. The highest BCUT2D eigenvalue weighted by Gasteiger charge is 2.34. The lowest BCUT2D eigenvalue weighted by Gasteiger charge is -2.30. The summed E-state index contributed by atoms with van der Waals surface area (Å²) in [5, 5.41) is 6.67. The van der Waals surface area contributed by atoms with E-state index in [0.717, 1.165) is 18.4 Å². The highest BCUT2D eigenvalue weighted by molar-refractivity contribution is 5.76. The van der Waals surface area contributed by atoms with Crippen molar-refractivity contribution < 1.29 is 9.18 Å².